The van der Waals surface area contributed by atoms with Crippen molar-refractivity contribution in [3.05, 3.63) is 114 Å². The van der Waals surface area contributed by atoms with Crippen LogP contribution >= 0.6 is 0 Å². The molecule has 4 aromatic carbocycles. The minimum absolute atomic E-state index is 0.537. The van der Waals surface area contributed by atoms with Gasteiger partial charge in [0.05, 0.1) is 11.6 Å². The highest BCUT2D eigenvalue weighted by Gasteiger charge is 2.06. The second-order valence-electron chi connectivity index (χ2n) is 6.54. The molecular weight excluding hydrogens is 342 g/mol. The summed E-state index contributed by atoms with van der Waals surface area (Å²) in [6.45, 7) is 0.537. The van der Waals surface area contributed by atoms with Crippen LogP contribution in [0.1, 0.15) is 16.7 Å². The molecule has 0 amide bonds. The van der Waals surface area contributed by atoms with Crippen LogP contribution in [-0.4, -0.2) is 0 Å². The van der Waals surface area contributed by atoms with Crippen molar-refractivity contribution in [2.75, 3.05) is 0 Å². The number of fused-ring (bicyclic) bond motifs is 1. The molecule has 0 bridgehead atoms. The van der Waals surface area contributed by atoms with E-state index in [1.807, 2.05) is 84.9 Å². The first-order valence-electron chi connectivity index (χ1n) is 9.20. The first-order valence-corrected chi connectivity index (χ1v) is 9.20. The van der Waals surface area contributed by atoms with Crippen molar-refractivity contribution in [3.63, 3.8) is 0 Å². The van der Waals surface area contributed by atoms with Crippen molar-refractivity contribution in [2.45, 2.75) is 6.61 Å². The van der Waals surface area contributed by atoms with Crippen molar-refractivity contribution in [1.82, 2.24) is 0 Å². The fourth-order valence-electron chi connectivity index (χ4n) is 3.20. The molecule has 4 rings (SSSR count). The van der Waals surface area contributed by atoms with Gasteiger partial charge in [-0.2, -0.15) is 5.26 Å². The summed E-state index contributed by atoms with van der Waals surface area (Å²) in [5.41, 5.74) is 3.70. The highest BCUT2D eigenvalue weighted by Crippen LogP contribution is 2.27. The fraction of sp³-hybridized carbons (Fsp3) is 0.0385. The van der Waals surface area contributed by atoms with Crippen molar-refractivity contribution in [3.8, 4) is 11.8 Å². The Morgan fingerprint density at radius 2 is 1.50 bits per heavy atom. The Kier molecular flexibility index (Phi) is 5.17. The molecule has 0 unspecified atom stereocenters. The van der Waals surface area contributed by atoms with E-state index in [9.17, 15) is 5.26 Å². The van der Waals surface area contributed by atoms with Crippen molar-refractivity contribution >= 4 is 22.4 Å². The Morgan fingerprint density at radius 1 is 0.786 bits per heavy atom. The summed E-state index contributed by atoms with van der Waals surface area (Å²) in [5.74, 6) is 0.810. The minimum atomic E-state index is 0.537. The van der Waals surface area contributed by atoms with Gasteiger partial charge >= 0.3 is 0 Å². The standard InChI is InChI=1S/C26H19NO/c27-18-23(26-12-6-10-22-9-4-5-11-25(22)26)17-20-13-15-24(16-14-20)28-19-21-7-2-1-3-8-21/h1-17H,19H2/b23-17-. The third-order valence-electron chi connectivity index (χ3n) is 4.64. The lowest BCUT2D eigenvalue weighted by atomic mass is 9.97. The third kappa shape index (κ3) is 3.95. The van der Waals surface area contributed by atoms with Gasteiger partial charge in [-0.05, 0) is 40.1 Å². The maximum Gasteiger partial charge on any atom is 0.119 e. The monoisotopic (exact) mass is 361 g/mol. The van der Waals surface area contributed by atoms with E-state index in [4.69, 9.17) is 4.74 Å². The molecule has 4 aromatic rings. The van der Waals surface area contributed by atoms with Crippen LogP contribution in [0, 0.1) is 11.3 Å². The van der Waals surface area contributed by atoms with Crippen LogP contribution in [0.2, 0.25) is 0 Å². The molecule has 0 aromatic heterocycles. The number of hydrogen-bond acceptors (Lipinski definition) is 2. The lowest BCUT2D eigenvalue weighted by molar-refractivity contribution is 0.306. The maximum atomic E-state index is 9.72. The molecule has 0 saturated heterocycles. The number of hydrogen-bond donors (Lipinski definition) is 0. The molecule has 134 valence electrons. The fourth-order valence-corrected chi connectivity index (χ4v) is 3.20. The highest BCUT2D eigenvalue weighted by molar-refractivity contribution is 6.01. The summed E-state index contributed by atoms with van der Waals surface area (Å²) in [5, 5.41) is 11.9. The Balaban J connectivity index is 1.56. The number of rotatable bonds is 5. The average molecular weight is 361 g/mol. The number of allylic oxidation sites excluding steroid dienone is 1. The molecule has 0 N–H and O–H groups in total. The molecule has 0 fully saturated rings. The quantitative estimate of drug-likeness (QED) is 0.301. The zero-order chi connectivity index (χ0) is 19.2. The number of nitrogens with zero attached hydrogens (tertiary/aromatic N) is 1. The summed E-state index contributed by atoms with van der Waals surface area (Å²) >= 11 is 0. The molecule has 0 spiro atoms. The lowest BCUT2D eigenvalue weighted by Crippen LogP contribution is -1.94. The van der Waals surface area contributed by atoms with E-state index in [-0.39, 0.29) is 0 Å². The van der Waals surface area contributed by atoms with E-state index in [0.29, 0.717) is 12.2 Å². The summed E-state index contributed by atoms with van der Waals surface area (Å²) in [6.07, 6.45) is 1.92. The van der Waals surface area contributed by atoms with Gasteiger partial charge in [-0.25, -0.2) is 0 Å². The van der Waals surface area contributed by atoms with Gasteiger partial charge < -0.3 is 4.74 Å². The van der Waals surface area contributed by atoms with Crippen LogP contribution in [0.3, 0.4) is 0 Å². The second-order valence-corrected chi connectivity index (χ2v) is 6.54. The third-order valence-corrected chi connectivity index (χ3v) is 4.64. The molecule has 0 aliphatic heterocycles. The highest BCUT2D eigenvalue weighted by atomic mass is 16.5. The number of benzene rings is 4. The predicted octanol–water partition coefficient (Wildman–Crippen LogP) is 6.48. The molecule has 2 nitrogen and oxygen atoms in total. The van der Waals surface area contributed by atoms with E-state index in [1.54, 1.807) is 0 Å². The average Bonchev–Trinajstić information content (AvgIpc) is 2.77. The van der Waals surface area contributed by atoms with E-state index in [1.165, 1.54) is 0 Å². The molecule has 0 aliphatic rings. The Morgan fingerprint density at radius 3 is 2.29 bits per heavy atom. The van der Waals surface area contributed by atoms with E-state index < -0.39 is 0 Å². The molecule has 28 heavy (non-hydrogen) atoms. The Hall–Kier alpha value is -3.83. The first-order chi connectivity index (χ1) is 13.8. The van der Waals surface area contributed by atoms with Crippen molar-refractivity contribution in [2.24, 2.45) is 0 Å². The van der Waals surface area contributed by atoms with Crippen molar-refractivity contribution in [1.29, 1.82) is 5.26 Å². The molecule has 0 atom stereocenters. The normalized spacial score (nSPS) is 11.2. The predicted molar refractivity (Wildman–Crippen MR) is 115 cm³/mol. The van der Waals surface area contributed by atoms with Gasteiger partial charge in [0, 0.05) is 5.56 Å². The van der Waals surface area contributed by atoms with Crippen LogP contribution in [0.25, 0.3) is 22.4 Å². The Labute approximate surface area is 165 Å². The maximum absolute atomic E-state index is 9.72. The van der Waals surface area contributed by atoms with E-state index >= 15 is 0 Å². The zero-order valence-corrected chi connectivity index (χ0v) is 15.4. The summed E-state index contributed by atoms with van der Waals surface area (Å²) in [6, 6.07) is 34.4. The molecule has 0 aliphatic carbocycles. The molecule has 2 heteroatoms. The van der Waals surface area contributed by atoms with Gasteiger partial charge in [-0.1, -0.05) is 84.9 Å². The molecular formula is C26H19NO. The summed E-state index contributed by atoms with van der Waals surface area (Å²) in [7, 11) is 0. The van der Waals surface area contributed by atoms with Crippen LogP contribution in [0.15, 0.2) is 97.1 Å². The van der Waals surface area contributed by atoms with Crippen molar-refractivity contribution < 1.29 is 4.74 Å². The Bertz CT molecular complexity index is 1150. The first kappa shape index (κ1) is 17.6. The SMILES string of the molecule is N#C/C(=C/c1ccc(OCc2ccccc2)cc1)c1cccc2ccccc12. The summed E-state index contributed by atoms with van der Waals surface area (Å²) < 4.78 is 5.83. The smallest absolute Gasteiger partial charge is 0.119 e. The van der Waals surface area contributed by atoms with Gasteiger partial charge in [0.15, 0.2) is 0 Å². The van der Waals surface area contributed by atoms with Gasteiger partial charge in [0.2, 0.25) is 0 Å². The van der Waals surface area contributed by atoms with Gasteiger partial charge in [0.1, 0.15) is 12.4 Å². The van der Waals surface area contributed by atoms with E-state index in [0.717, 1.165) is 33.2 Å². The van der Waals surface area contributed by atoms with Gasteiger partial charge in [0.25, 0.3) is 0 Å². The van der Waals surface area contributed by atoms with Crippen LogP contribution in [-0.2, 0) is 6.61 Å². The van der Waals surface area contributed by atoms with E-state index in [2.05, 4.69) is 24.3 Å². The second kappa shape index (κ2) is 8.24. The zero-order valence-electron chi connectivity index (χ0n) is 15.4. The van der Waals surface area contributed by atoms with Gasteiger partial charge in [-0.3, -0.25) is 0 Å². The largest absolute Gasteiger partial charge is 0.489 e. The lowest BCUT2D eigenvalue weighted by Gasteiger charge is -2.07. The number of ether oxygens (including phenoxy) is 1. The molecule has 0 radical (unpaired) electrons. The van der Waals surface area contributed by atoms with Crippen LogP contribution < -0.4 is 4.74 Å². The summed E-state index contributed by atoms with van der Waals surface area (Å²) in [4.78, 5) is 0. The molecule has 0 saturated carbocycles. The topological polar surface area (TPSA) is 33.0 Å². The molecule has 0 heterocycles. The minimum Gasteiger partial charge on any atom is -0.489 e. The van der Waals surface area contributed by atoms with Crippen LogP contribution in [0.4, 0.5) is 0 Å². The van der Waals surface area contributed by atoms with Crippen LogP contribution in [0.5, 0.6) is 5.75 Å². The number of nitriles is 1. The van der Waals surface area contributed by atoms with Gasteiger partial charge in [-0.15, -0.1) is 0 Å².